The van der Waals surface area contributed by atoms with E-state index in [0.717, 1.165) is 5.75 Å². The summed E-state index contributed by atoms with van der Waals surface area (Å²) in [5.74, 6) is 0.936. The lowest BCUT2D eigenvalue weighted by Gasteiger charge is -2.05. The standard InChI is InChI=1S/C14H14O3S/c1-2-17-12-5-9-14(10-6-12)18(16)13-7-3-11(15)4-8-13/h3-10,15H,2H2,1H3. The van der Waals surface area contributed by atoms with E-state index >= 15 is 0 Å². The van der Waals surface area contributed by atoms with Crippen molar-refractivity contribution >= 4 is 10.8 Å². The Bertz CT molecular complexity index is 532. The van der Waals surface area contributed by atoms with E-state index in [1.165, 1.54) is 12.1 Å². The summed E-state index contributed by atoms with van der Waals surface area (Å²) in [6.07, 6.45) is 0. The Morgan fingerprint density at radius 1 is 1.00 bits per heavy atom. The first-order valence-electron chi connectivity index (χ1n) is 5.64. The average Bonchev–Trinajstić information content (AvgIpc) is 2.40. The van der Waals surface area contributed by atoms with Gasteiger partial charge in [0.05, 0.1) is 17.4 Å². The van der Waals surface area contributed by atoms with Crippen LogP contribution in [0.1, 0.15) is 6.92 Å². The van der Waals surface area contributed by atoms with Crippen molar-refractivity contribution in [3.05, 3.63) is 48.5 Å². The van der Waals surface area contributed by atoms with Gasteiger partial charge >= 0.3 is 0 Å². The monoisotopic (exact) mass is 262 g/mol. The molecule has 0 bridgehead atoms. The molecule has 0 aliphatic heterocycles. The minimum absolute atomic E-state index is 0.169. The fourth-order valence-corrected chi connectivity index (χ4v) is 2.57. The summed E-state index contributed by atoms with van der Waals surface area (Å²) < 4.78 is 17.5. The van der Waals surface area contributed by atoms with Crippen molar-refractivity contribution in [2.75, 3.05) is 6.61 Å². The van der Waals surface area contributed by atoms with Crippen molar-refractivity contribution in [3.63, 3.8) is 0 Å². The Hall–Kier alpha value is -1.81. The van der Waals surface area contributed by atoms with Gasteiger partial charge in [0.1, 0.15) is 11.5 Å². The number of phenolic OH excluding ortho intramolecular Hbond substituents is 1. The molecule has 0 aliphatic carbocycles. The molecule has 1 N–H and O–H groups in total. The summed E-state index contributed by atoms with van der Waals surface area (Å²) in [6, 6.07) is 13.5. The van der Waals surface area contributed by atoms with Crippen LogP contribution in [0.15, 0.2) is 58.3 Å². The third kappa shape index (κ3) is 2.90. The zero-order chi connectivity index (χ0) is 13.0. The fraction of sp³-hybridized carbons (Fsp3) is 0.143. The number of hydrogen-bond donors (Lipinski definition) is 1. The average molecular weight is 262 g/mol. The first-order valence-corrected chi connectivity index (χ1v) is 6.79. The highest BCUT2D eigenvalue weighted by molar-refractivity contribution is 7.85. The van der Waals surface area contributed by atoms with E-state index in [0.29, 0.717) is 16.4 Å². The molecule has 0 saturated carbocycles. The Morgan fingerprint density at radius 2 is 1.50 bits per heavy atom. The number of benzene rings is 2. The lowest BCUT2D eigenvalue weighted by Crippen LogP contribution is -1.94. The number of hydrogen-bond acceptors (Lipinski definition) is 3. The van der Waals surface area contributed by atoms with E-state index < -0.39 is 10.8 Å². The molecular formula is C14H14O3S. The van der Waals surface area contributed by atoms with Crippen LogP contribution >= 0.6 is 0 Å². The van der Waals surface area contributed by atoms with Gasteiger partial charge in [0.15, 0.2) is 0 Å². The third-order valence-corrected chi connectivity index (χ3v) is 3.80. The van der Waals surface area contributed by atoms with Crippen LogP contribution in [-0.2, 0) is 10.8 Å². The Balaban J connectivity index is 2.20. The summed E-state index contributed by atoms with van der Waals surface area (Å²) in [7, 11) is -1.23. The van der Waals surface area contributed by atoms with Gasteiger partial charge in [-0.3, -0.25) is 0 Å². The van der Waals surface area contributed by atoms with Crippen LogP contribution in [0.3, 0.4) is 0 Å². The van der Waals surface area contributed by atoms with Crippen molar-refractivity contribution in [2.24, 2.45) is 0 Å². The van der Waals surface area contributed by atoms with E-state index in [9.17, 15) is 9.32 Å². The van der Waals surface area contributed by atoms with Gasteiger partial charge in [-0.1, -0.05) is 0 Å². The number of rotatable bonds is 4. The summed E-state index contributed by atoms with van der Waals surface area (Å²) in [5.41, 5.74) is 0. The van der Waals surface area contributed by atoms with Crippen molar-refractivity contribution in [2.45, 2.75) is 16.7 Å². The first-order chi connectivity index (χ1) is 8.70. The van der Waals surface area contributed by atoms with Crippen LogP contribution in [0.2, 0.25) is 0 Å². The lowest BCUT2D eigenvalue weighted by molar-refractivity contribution is 0.340. The van der Waals surface area contributed by atoms with Crippen LogP contribution in [0.4, 0.5) is 0 Å². The molecule has 0 heterocycles. The van der Waals surface area contributed by atoms with Gasteiger partial charge in [-0.05, 0) is 55.5 Å². The highest BCUT2D eigenvalue weighted by Crippen LogP contribution is 2.21. The Kier molecular flexibility index (Phi) is 3.99. The molecule has 1 unspecified atom stereocenters. The molecule has 94 valence electrons. The molecule has 0 aliphatic rings. The van der Waals surface area contributed by atoms with E-state index in [4.69, 9.17) is 4.74 Å². The SMILES string of the molecule is CCOc1ccc(S(=O)c2ccc(O)cc2)cc1. The van der Waals surface area contributed by atoms with Gasteiger partial charge in [0.25, 0.3) is 0 Å². The zero-order valence-electron chi connectivity index (χ0n) is 10.00. The van der Waals surface area contributed by atoms with Crippen molar-refractivity contribution in [3.8, 4) is 11.5 Å². The fourth-order valence-electron chi connectivity index (χ4n) is 1.53. The second kappa shape index (κ2) is 5.69. The minimum Gasteiger partial charge on any atom is -0.508 e. The first kappa shape index (κ1) is 12.6. The molecule has 0 aromatic heterocycles. The molecule has 0 radical (unpaired) electrons. The highest BCUT2D eigenvalue weighted by Gasteiger charge is 2.07. The van der Waals surface area contributed by atoms with Crippen LogP contribution in [-0.4, -0.2) is 15.9 Å². The van der Waals surface area contributed by atoms with Crippen LogP contribution in [0, 0.1) is 0 Å². The highest BCUT2D eigenvalue weighted by atomic mass is 32.2. The molecule has 0 amide bonds. The van der Waals surface area contributed by atoms with E-state index in [2.05, 4.69) is 0 Å². The molecule has 1 atom stereocenters. The predicted molar refractivity (Wildman–Crippen MR) is 70.4 cm³/mol. The van der Waals surface area contributed by atoms with Crippen molar-refractivity contribution in [1.82, 2.24) is 0 Å². The maximum Gasteiger partial charge on any atom is 0.119 e. The topological polar surface area (TPSA) is 46.5 Å². The number of phenols is 1. The largest absolute Gasteiger partial charge is 0.508 e. The van der Waals surface area contributed by atoms with Gasteiger partial charge in [0, 0.05) is 9.79 Å². The molecule has 4 heteroatoms. The summed E-state index contributed by atoms with van der Waals surface area (Å²) in [5, 5.41) is 9.19. The smallest absolute Gasteiger partial charge is 0.119 e. The summed E-state index contributed by atoms with van der Waals surface area (Å²) >= 11 is 0. The number of aromatic hydroxyl groups is 1. The third-order valence-electron chi connectivity index (χ3n) is 2.40. The molecule has 2 aromatic carbocycles. The van der Waals surface area contributed by atoms with E-state index in [1.54, 1.807) is 36.4 Å². The van der Waals surface area contributed by atoms with Gasteiger partial charge in [-0.15, -0.1) is 0 Å². The molecule has 2 aromatic rings. The van der Waals surface area contributed by atoms with Gasteiger partial charge in [-0.2, -0.15) is 0 Å². The summed E-state index contributed by atoms with van der Waals surface area (Å²) in [4.78, 5) is 1.38. The van der Waals surface area contributed by atoms with E-state index in [1.807, 2.05) is 6.92 Å². The van der Waals surface area contributed by atoms with Crippen molar-refractivity contribution < 1.29 is 14.1 Å². The quantitative estimate of drug-likeness (QED) is 0.921. The van der Waals surface area contributed by atoms with E-state index in [-0.39, 0.29) is 5.75 Å². The van der Waals surface area contributed by atoms with Crippen LogP contribution in [0.25, 0.3) is 0 Å². The molecule has 18 heavy (non-hydrogen) atoms. The minimum atomic E-state index is -1.23. The van der Waals surface area contributed by atoms with Crippen LogP contribution in [0.5, 0.6) is 11.5 Å². The van der Waals surface area contributed by atoms with Crippen molar-refractivity contribution in [1.29, 1.82) is 0 Å². The van der Waals surface area contributed by atoms with Gasteiger partial charge in [-0.25, -0.2) is 4.21 Å². The second-order valence-corrected chi connectivity index (χ2v) is 5.15. The normalized spacial score (nSPS) is 12.1. The lowest BCUT2D eigenvalue weighted by atomic mass is 10.3. The maximum atomic E-state index is 12.2. The number of ether oxygens (including phenoxy) is 1. The molecule has 0 fully saturated rings. The maximum absolute atomic E-state index is 12.2. The van der Waals surface area contributed by atoms with Gasteiger partial charge < -0.3 is 9.84 Å². The molecule has 0 spiro atoms. The summed E-state index contributed by atoms with van der Waals surface area (Å²) in [6.45, 7) is 2.53. The van der Waals surface area contributed by atoms with Gasteiger partial charge in [0.2, 0.25) is 0 Å². The Morgan fingerprint density at radius 3 is 2.00 bits per heavy atom. The zero-order valence-corrected chi connectivity index (χ0v) is 10.8. The van der Waals surface area contributed by atoms with Crippen LogP contribution < -0.4 is 4.74 Å². The predicted octanol–water partition coefficient (Wildman–Crippen LogP) is 2.96. The molecule has 2 rings (SSSR count). The Labute approximate surface area is 109 Å². The molecular weight excluding hydrogens is 248 g/mol. The second-order valence-electron chi connectivity index (χ2n) is 3.67. The molecule has 0 saturated heterocycles. The molecule has 3 nitrogen and oxygen atoms in total.